The number of aromatic nitrogens is 1. The molecule has 74 valence electrons. The van der Waals surface area contributed by atoms with Gasteiger partial charge in [-0.1, -0.05) is 6.07 Å². The molecule has 0 fully saturated rings. The minimum absolute atomic E-state index is 0.249. The fraction of sp³-hybridized carbons (Fsp3) is 0.273. The molecule has 14 heavy (non-hydrogen) atoms. The van der Waals surface area contributed by atoms with Gasteiger partial charge in [0.15, 0.2) is 0 Å². The number of fused-ring (bicyclic) bond motifs is 1. The number of rotatable bonds is 2. The van der Waals surface area contributed by atoms with Crippen LogP contribution in [0.1, 0.15) is 18.6 Å². The minimum Gasteiger partial charge on any atom is -0.387 e. The van der Waals surface area contributed by atoms with Crippen LogP contribution in [0.25, 0.3) is 5.52 Å². The van der Waals surface area contributed by atoms with Crippen LogP contribution in [0.3, 0.4) is 0 Å². The molecule has 0 spiro atoms. The topological polar surface area (TPSA) is 50.7 Å². The Bertz CT molecular complexity index is 434. The highest BCUT2D eigenvalue weighted by molar-refractivity contribution is 5.56. The van der Waals surface area contributed by atoms with Crippen molar-refractivity contribution in [3.8, 4) is 0 Å². The first-order chi connectivity index (χ1) is 6.70. The molecule has 2 atom stereocenters. The van der Waals surface area contributed by atoms with E-state index in [1.807, 2.05) is 41.1 Å². The fourth-order valence-corrected chi connectivity index (χ4v) is 1.61. The lowest BCUT2D eigenvalue weighted by Crippen LogP contribution is -2.24. The summed E-state index contributed by atoms with van der Waals surface area (Å²) >= 11 is 0. The van der Waals surface area contributed by atoms with E-state index in [-0.39, 0.29) is 6.04 Å². The summed E-state index contributed by atoms with van der Waals surface area (Å²) < 4.78 is 1.97. The highest BCUT2D eigenvalue weighted by Crippen LogP contribution is 2.21. The first-order valence-corrected chi connectivity index (χ1v) is 4.69. The maximum absolute atomic E-state index is 9.85. The van der Waals surface area contributed by atoms with Gasteiger partial charge in [0, 0.05) is 24.0 Å². The molecular weight excluding hydrogens is 176 g/mol. The van der Waals surface area contributed by atoms with E-state index in [2.05, 4.69) is 0 Å². The Labute approximate surface area is 82.8 Å². The minimum atomic E-state index is -0.595. The molecule has 0 radical (unpaired) electrons. The highest BCUT2D eigenvalue weighted by Gasteiger charge is 2.15. The van der Waals surface area contributed by atoms with Gasteiger partial charge in [0.2, 0.25) is 0 Å². The number of nitrogens with zero attached hydrogens (tertiary/aromatic N) is 1. The van der Waals surface area contributed by atoms with E-state index in [0.717, 1.165) is 11.1 Å². The Hall–Kier alpha value is -1.32. The van der Waals surface area contributed by atoms with Crippen LogP contribution in [0.2, 0.25) is 0 Å². The normalized spacial score (nSPS) is 15.6. The van der Waals surface area contributed by atoms with Crippen LogP contribution in [-0.2, 0) is 0 Å². The van der Waals surface area contributed by atoms with Gasteiger partial charge in [-0.15, -0.1) is 0 Å². The summed E-state index contributed by atoms with van der Waals surface area (Å²) in [5.41, 5.74) is 7.56. The number of pyridine rings is 1. The van der Waals surface area contributed by atoms with Gasteiger partial charge in [-0.25, -0.2) is 0 Å². The van der Waals surface area contributed by atoms with Gasteiger partial charge in [-0.2, -0.15) is 0 Å². The molecule has 2 heterocycles. The molecule has 2 aromatic heterocycles. The molecule has 0 saturated heterocycles. The Morgan fingerprint density at radius 3 is 2.79 bits per heavy atom. The lowest BCUT2D eigenvalue weighted by atomic mass is 10.1. The average Bonchev–Trinajstić information content (AvgIpc) is 2.60. The van der Waals surface area contributed by atoms with Gasteiger partial charge < -0.3 is 15.2 Å². The molecule has 0 bridgehead atoms. The molecule has 0 unspecified atom stereocenters. The standard InChI is InChI=1S/C11H14N2O/c1-8(12)11(14)9-5-7-13-6-3-2-4-10(9)13/h2-8,11,14H,12H2,1H3/t8-,11-/m1/s1. The predicted molar refractivity (Wildman–Crippen MR) is 56.0 cm³/mol. The largest absolute Gasteiger partial charge is 0.387 e. The molecule has 3 nitrogen and oxygen atoms in total. The van der Waals surface area contributed by atoms with E-state index in [0.29, 0.717) is 0 Å². The number of hydrogen-bond acceptors (Lipinski definition) is 2. The zero-order chi connectivity index (χ0) is 10.1. The molecule has 3 N–H and O–H groups in total. The molecule has 0 saturated carbocycles. The van der Waals surface area contributed by atoms with E-state index < -0.39 is 6.10 Å². The first-order valence-electron chi connectivity index (χ1n) is 4.69. The van der Waals surface area contributed by atoms with Crippen LogP contribution >= 0.6 is 0 Å². The van der Waals surface area contributed by atoms with E-state index in [1.165, 1.54) is 0 Å². The number of aliphatic hydroxyl groups excluding tert-OH is 1. The lowest BCUT2D eigenvalue weighted by molar-refractivity contribution is 0.155. The zero-order valence-corrected chi connectivity index (χ0v) is 8.09. The Morgan fingerprint density at radius 2 is 2.07 bits per heavy atom. The molecule has 0 amide bonds. The second-order valence-electron chi connectivity index (χ2n) is 3.57. The molecule has 2 rings (SSSR count). The van der Waals surface area contributed by atoms with Gasteiger partial charge in [0.05, 0.1) is 11.6 Å². The van der Waals surface area contributed by atoms with Gasteiger partial charge in [-0.3, -0.25) is 0 Å². The Kier molecular flexibility index (Phi) is 2.27. The van der Waals surface area contributed by atoms with Crippen molar-refractivity contribution < 1.29 is 5.11 Å². The molecule has 0 aromatic carbocycles. The summed E-state index contributed by atoms with van der Waals surface area (Å²) in [6.07, 6.45) is 3.28. The summed E-state index contributed by atoms with van der Waals surface area (Å²) in [6, 6.07) is 7.54. The first kappa shape index (κ1) is 9.24. The van der Waals surface area contributed by atoms with Gasteiger partial charge in [-0.05, 0) is 25.1 Å². The van der Waals surface area contributed by atoms with Crippen LogP contribution in [0.4, 0.5) is 0 Å². The van der Waals surface area contributed by atoms with Crippen molar-refractivity contribution in [2.24, 2.45) is 5.73 Å². The van der Waals surface area contributed by atoms with E-state index in [9.17, 15) is 5.11 Å². The van der Waals surface area contributed by atoms with Crippen molar-refractivity contribution in [1.29, 1.82) is 0 Å². The third-order valence-electron chi connectivity index (χ3n) is 2.42. The van der Waals surface area contributed by atoms with Crippen LogP contribution < -0.4 is 5.73 Å². The van der Waals surface area contributed by atoms with Gasteiger partial charge in [0.25, 0.3) is 0 Å². The Balaban J connectivity index is 2.53. The smallest absolute Gasteiger partial charge is 0.0958 e. The SMILES string of the molecule is C[C@@H](N)[C@@H](O)c1ccn2ccccc12. The summed E-state index contributed by atoms with van der Waals surface area (Å²) in [5, 5.41) is 9.85. The van der Waals surface area contributed by atoms with E-state index in [1.54, 1.807) is 6.92 Å². The van der Waals surface area contributed by atoms with Crippen molar-refractivity contribution in [1.82, 2.24) is 4.40 Å². The number of nitrogens with two attached hydrogens (primary N) is 1. The third kappa shape index (κ3) is 1.41. The molecule has 2 aromatic rings. The van der Waals surface area contributed by atoms with Crippen LogP contribution in [0, 0.1) is 0 Å². The lowest BCUT2D eigenvalue weighted by Gasteiger charge is -2.13. The average molecular weight is 190 g/mol. The second kappa shape index (κ2) is 3.44. The van der Waals surface area contributed by atoms with E-state index >= 15 is 0 Å². The molecule has 0 aliphatic rings. The molecule has 3 heteroatoms. The van der Waals surface area contributed by atoms with Crippen LogP contribution in [-0.4, -0.2) is 15.5 Å². The molecule has 0 aliphatic carbocycles. The summed E-state index contributed by atoms with van der Waals surface area (Å²) in [5.74, 6) is 0. The van der Waals surface area contributed by atoms with Crippen molar-refractivity contribution in [2.45, 2.75) is 19.1 Å². The number of aliphatic hydroxyl groups is 1. The van der Waals surface area contributed by atoms with Crippen LogP contribution in [0.15, 0.2) is 36.7 Å². The Morgan fingerprint density at radius 1 is 1.29 bits per heavy atom. The third-order valence-corrected chi connectivity index (χ3v) is 2.42. The maximum Gasteiger partial charge on any atom is 0.0958 e. The van der Waals surface area contributed by atoms with E-state index in [4.69, 9.17) is 5.73 Å². The summed E-state index contributed by atoms with van der Waals surface area (Å²) in [7, 11) is 0. The zero-order valence-electron chi connectivity index (χ0n) is 8.09. The maximum atomic E-state index is 9.85. The van der Waals surface area contributed by atoms with Crippen molar-refractivity contribution in [3.05, 3.63) is 42.2 Å². The second-order valence-corrected chi connectivity index (χ2v) is 3.57. The van der Waals surface area contributed by atoms with Crippen molar-refractivity contribution >= 4 is 5.52 Å². The molecular formula is C11H14N2O. The quantitative estimate of drug-likeness (QED) is 0.750. The van der Waals surface area contributed by atoms with Crippen molar-refractivity contribution in [2.75, 3.05) is 0 Å². The molecule has 0 aliphatic heterocycles. The van der Waals surface area contributed by atoms with Gasteiger partial charge >= 0.3 is 0 Å². The van der Waals surface area contributed by atoms with Crippen molar-refractivity contribution in [3.63, 3.8) is 0 Å². The van der Waals surface area contributed by atoms with Gasteiger partial charge in [0.1, 0.15) is 0 Å². The van der Waals surface area contributed by atoms with Crippen LogP contribution in [0.5, 0.6) is 0 Å². The monoisotopic (exact) mass is 190 g/mol. The summed E-state index contributed by atoms with van der Waals surface area (Å²) in [6.45, 7) is 1.80. The summed E-state index contributed by atoms with van der Waals surface area (Å²) in [4.78, 5) is 0. The predicted octanol–water partition coefficient (Wildman–Crippen LogP) is 1.32. The highest BCUT2D eigenvalue weighted by atomic mass is 16.3. The fourth-order valence-electron chi connectivity index (χ4n) is 1.61. The number of hydrogen-bond donors (Lipinski definition) is 2.